The second-order valence-electron chi connectivity index (χ2n) is 9.11. The number of aromatic nitrogens is 1. The van der Waals surface area contributed by atoms with Gasteiger partial charge in [0.2, 0.25) is 0 Å². The summed E-state index contributed by atoms with van der Waals surface area (Å²) in [5, 5.41) is 0. The molecule has 1 aromatic heterocycles. The van der Waals surface area contributed by atoms with Crippen LogP contribution in [0.2, 0.25) is 0 Å². The molecule has 1 heterocycles. The number of ether oxygens (including phenoxy) is 2. The van der Waals surface area contributed by atoms with Crippen LogP contribution in [-0.2, 0) is 25.8 Å². The number of carbonyl (C=O) groups is 1. The van der Waals surface area contributed by atoms with Crippen molar-refractivity contribution >= 4 is 5.91 Å². The van der Waals surface area contributed by atoms with Crippen molar-refractivity contribution in [3.8, 4) is 11.5 Å². The first kappa shape index (κ1) is 24.8. The molecule has 186 valence electrons. The largest absolute Gasteiger partial charge is 0.493 e. The van der Waals surface area contributed by atoms with Crippen LogP contribution in [0.4, 0.5) is 8.78 Å². The van der Waals surface area contributed by atoms with E-state index in [1.807, 2.05) is 29.7 Å². The Morgan fingerprint density at radius 1 is 0.971 bits per heavy atom. The number of rotatable bonds is 8. The third kappa shape index (κ3) is 5.04. The molecule has 35 heavy (non-hydrogen) atoms. The molecule has 0 bridgehead atoms. The Bertz CT molecular complexity index is 1240. The van der Waals surface area contributed by atoms with Gasteiger partial charge in [-0.3, -0.25) is 4.79 Å². The molecule has 4 rings (SSSR count). The summed E-state index contributed by atoms with van der Waals surface area (Å²) in [7, 11) is 5.00. The second-order valence-corrected chi connectivity index (χ2v) is 9.11. The number of nitrogens with zero attached hydrogens (tertiary/aromatic N) is 2. The number of fused-ring (bicyclic) bond motifs is 1. The molecule has 0 atom stereocenters. The van der Waals surface area contributed by atoms with Crippen LogP contribution in [0.5, 0.6) is 11.5 Å². The zero-order chi connectivity index (χ0) is 25.1. The van der Waals surface area contributed by atoms with E-state index in [0.29, 0.717) is 42.3 Å². The second kappa shape index (κ2) is 10.5. The van der Waals surface area contributed by atoms with E-state index in [2.05, 4.69) is 0 Å². The van der Waals surface area contributed by atoms with Crippen LogP contribution < -0.4 is 9.47 Å². The molecule has 0 spiro atoms. The molecule has 1 aliphatic rings. The Hall–Kier alpha value is -3.35. The lowest BCUT2D eigenvalue weighted by molar-refractivity contribution is 0.0785. The van der Waals surface area contributed by atoms with Crippen molar-refractivity contribution in [2.45, 2.75) is 45.6 Å². The molecule has 7 heteroatoms. The fourth-order valence-electron chi connectivity index (χ4n) is 4.96. The number of likely N-dealkylation sites (N-methyl/N-ethyl adjacent to an activating group) is 1. The SMILES string of the molecule is COc1ccc(CCN(C)C(=O)c2c(C)c3c(n2Cc2ccc(F)c(F)c2)CCCC3)cc1OC. The highest BCUT2D eigenvalue weighted by Crippen LogP contribution is 2.32. The van der Waals surface area contributed by atoms with Gasteiger partial charge in [0.1, 0.15) is 5.69 Å². The molecule has 1 amide bonds. The molecule has 0 radical (unpaired) electrons. The van der Waals surface area contributed by atoms with Gasteiger partial charge < -0.3 is 18.9 Å². The zero-order valence-electron chi connectivity index (χ0n) is 20.8. The Balaban J connectivity index is 1.60. The predicted molar refractivity (Wildman–Crippen MR) is 131 cm³/mol. The quantitative estimate of drug-likeness (QED) is 0.436. The predicted octanol–water partition coefficient (Wildman–Crippen LogP) is 5.33. The van der Waals surface area contributed by atoms with E-state index < -0.39 is 11.6 Å². The number of amides is 1. The van der Waals surface area contributed by atoms with Crippen LogP contribution >= 0.6 is 0 Å². The van der Waals surface area contributed by atoms with Crippen molar-refractivity contribution in [3.05, 3.63) is 81.7 Å². The van der Waals surface area contributed by atoms with Gasteiger partial charge in [-0.1, -0.05) is 12.1 Å². The number of hydrogen-bond donors (Lipinski definition) is 0. The molecule has 0 unspecified atom stereocenters. The summed E-state index contributed by atoms with van der Waals surface area (Å²) >= 11 is 0. The van der Waals surface area contributed by atoms with Crippen LogP contribution in [0.25, 0.3) is 0 Å². The third-order valence-electron chi connectivity index (χ3n) is 6.90. The smallest absolute Gasteiger partial charge is 0.270 e. The maximum atomic E-state index is 13.9. The molecule has 0 aliphatic heterocycles. The Labute approximate surface area is 205 Å². The third-order valence-corrected chi connectivity index (χ3v) is 6.90. The molecule has 0 N–H and O–H groups in total. The van der Waals surface area contributed by atoms with Crippen LogP contribution in [0.3, 0.4) is 0 Å². The maximum Gasteiger partial charge on any atom is 0.270 e. The molecule has 5 nitrogen and oxygen atoms in total. The summed E-state index contributed by atoms with van der Waals surface area (Å²) in [5.74, 6) is -0.495. The van der Waals surface area contributed by atoms with Gasteiger partial charge in [0, 0.05) is 25.8 Å². The number of hydrogen-bond acceptors (Lipinski definition) is 3. The van der Waals surface area contributed by atoms with E-state index in [1.54, 1.807) is 32.2 Å². The maximum absolute atomic E-state index is 13.9. The van der Waals surface area contributed by atoms with E-state index in [9.17, 15) is 13.6 Å². The first-order chi connectivity index (χ1) is 16.8. The topological polar surface area (TPSA) is 43.7 Å². The van der Waals surface area contributed by atoms with Crippen LogP contribution in [-0.4, -0.2) is 43.2 Å². The van der Waals surface area contributed by atoms with Crippen molar-refractivity contribution in [1.82, 2.24) is 9.47 Å². The number of benzene rings is 2. The lowest BCUT2D eigenvalue weighted by Gasteiger charge is -2.21. The van der Waals surface area contributed by atoms with E-state index in [-0.39, 0.29) is 5.91 Å². The Kier molecular flexibility index (Phi) is 7.43. The fraction of sp³-hybridized carbons (Fsp3) is 0.393. The summed E-state index contributed by atoms with van der Waals surface area (Å²) in [6.07, 6.45) is 4.61. The van der Waals surface area contributed by atoms with Gasteiger partial charge in [-0.15, -0.1) is 0 Å². The summed E-state index contributed by atoms with van der Waals surface area (Å²) in [5.41, 5.74) is 5.65. The molecule has 2 aromatic carbocycles. The van der Waals surface area contributed by atoms with Gasteiger partial charge in [0.25, 0.3) is 5.91 Å². The van der Waals surface area contributed by atoms with Gasteiger partial charge in [0.05, 0.1) is 14.2 Å². The number of carbonyl (C=O) groups excluding carboxylic acids is 1. The first-order valence-electron chi connectivity index (χ1n) is 11.9. The first-order valence-corrected chi connectivity index (χ1v) is 11.9. The van der Waals surface area contributed by atoms with Crippen LogP contribution in [0.15, 0.2) is 36.4 Å². The molecular formula is C28H32F2N2O3. The van der Waals surface area contributed by atoms with Crippen molar-refractivity contribution < 1.29 is 23.0 Å². The molecule has 0 saturated heterocycles. The van der Waals surface area contributed by atoms with Gasteiger partial charge in [-0.05, 0) is 85.5 Å². The fourth-order valence-corrected chi connectivity index (χ4v) is 4.96. The molecule has 3 aromatic rings. The number of halogens is 2. The van der Waals surface area contributed by atoms with E-state index >= 15 is 0 Å². The lowest BCUT2D eigenvalue weighted by atomic mass is 9.95. The van der Waals surface area contributed by atoms with Gasteiger partial charge in [0.15, 0.2) is 23.1 Å². The monoisotopic (exact) mass is 482 g/mol. The highest BCUT2D eigenvalue weighted by molar-refractivity contribution is 5.95. The van der Waals surface area contributed by atoms with Gasteiger partial charge >= 0.3 is 0 Å². The summed E-state index contributed by atoms with van der Waals surface area (Å²) in [6.45, 7) is 2.86. The van der Waals surface area contributed by atoms with Crippen molar-refractivity contribution in [3.63, 3.8) is 0 Å². The van der Waals surface area contributed by atoms with Crippen molar-refractivity contribution in [1.29, 1.82) is 0 Å². The number of methoxy groups -OCH3 is 2. The van der Waals surface area contributed by atoms with E-state index in [0.717, 1.165) is 48.6 Å². The average Bonchev–Trinajstić information content (AvgIpc) is 3.15. The normalized spacial score (nSPS) is 12.9. The summed E-state index contributed by atoms with van der Waals surface area (Å²) in [4.78, 5) is 15.4. The van der Waals surface area contributed by atoms with Gasteiger partial charge in [-0.2, -0.15) is 0 Å². The minimum Gasteiger partial charge on any atom is -0.493 e. The average molecular weight is 483 g/mol. The minimum absolute atomic E-state index is 0.0695. The van der Waals surface area contributed by atoms with E-state index in [1.165, 1.54) is 11.6 Å². The highest BCUT2D eigenvalue weighted by Gasteiger charge is 2.28. The van der Waals surface area contributed by atoms with E-state index in [4.69, 9.17) is 9.47 Å². The summed E-state index contributed by atoms with van der Waals surface area (Å²) in [6, 6.07) is 9.70. The van der Waals surface area contributed by atoms with Crippen molar-refractivity contribution in [2.24, 2.45) is 0 Å². The Morgan fingerprint density at radius 2 is 1.69 bits per heavy atom. The lowest BCUT2D eigenvalue weighted by Crippen LogP contribution is -2.31. The molecule has 0 saturated carbocycles. The van der Waals surface area contributed by atoms with Crippen LogP contribution in [0, 0.1) is 18.6 Å². The molecule has 0 fully saturated rings. The standard InChI is InChI=1S/C28H32F2N2O3/c1-18-21-7-5-6-8-24(21)32(17-20-9-11-22(29)23(30)15-20)27(18)28(33)31(2)14-13-19-10-12-25(34-3)26(16-19)35-4/h9-12,15-16H,5-8,13-14,17H2,1-4H3. The zero-order valence-corrected chi connectivity index (χ0v) is 20.8. The van der Waals surface area contributed by atoms with Crippen LogP contribution in [0.1, 0.15) is 51.3 Å². The highest BCUT2D eigenvalue weighted by atomic mass is 19.2. The Morgan fingerprint density at radius 3 is 2.40 bits per heavy atom. The molecule has 1 aliphatic carbocycles. The van der Waals surface area contributed by atoms with Gasteiger partial charge in [-0.25, -0.2) is 8.78 Å². The molecular weight excluding hydrogens is 450 g/mol. The summed E-state index contributed by atoms with van der Waals surface area (Å²) < 4.78 is 40.1. The minimum atomic E-state index is -0.875. The van der Waals surface area contributed by atoms with Crippen molar-refractivity contribution in [2.75, 3.05) is 27.8 Å².